The molecule has 1 fully saturated rings. The van der Waals surface area contributed by atoms with E-state index in [0.717, 1.165) is 21.6 Å². The SMILES string of the molecule is O=C(CC1C(=O)NN(C(=S)Nc2ccc(Br)cc2)C1=O)c1cc(O)ccc1O. The Hall–Kier alpha value is -2.98. The lowest BCUT2D eigenvalue weighted by Gasteiger charge is -2.17. The van der Waals surface area contributed by atoms with E-state index in [1.165, 1.54) is 6.07 Å². The van der Waals surface area contributed by atoms with Crippen LogP contribution in [0.2, 0.25) is 0 Å². The Morgan fingerprint density at radius 2 is 1.86 bits per heavy atom. The van der Waals surface area contributed by atoms with Crippen molar-refractivity contribution in [1.29, 1.82) is 0 Å². The van der Waals surface area contributed by atoms with Gasteiger partial charge >= 0.3 is 0 Å². The number of phenols is 2. The lowest BCUT2D eigenvalue weighted by atomic mass is 9.97. The molecule has 0 bridgehead atoms. The molecule has 1 unspecified atom stereocenters. The van der Waals surface area contributed by atoms with Crippen molar-refractivity contribution in [1.82, 2.24) is 10.4 Å². The van der Waals surface area contributed by atoms with Crippen molar-refractivity contribution in [2.24, 2.45) is 5.92 Å². The van der Waals surface area contributed by atoms with Crippen molar-refractivity contribution in [3.8, 4) is 11.5 Å². The standard InChI is InChI=1S/C18H14BrN3O5S/c19-9-1-3-10(4-2-9)20-18(28)22-17(27)13(16(26)21-22)8-15(25)12-7-11(23)5-6-14(12)24/h1-7,13,23-24H,8H2,(H,20,28)(H,21,26). The van der Waals surface area contributed by atoms with Gasteiger partial charge in [0.1, 0.15) is 17.4 Å². The molecule has 1 heterocycles. The average Bonchev–Trinajstić information content (AvgIpc) is 2.93. The summed E-state index contributed by atoms with van der Waals surface area (Å²) in [5.74, 6) is -3.89. The Kier molecular flexibility index (Phi) is 5.61. The van der Waals surface area contributed by atoms with Crippen LogP contribution in [0.25, 0.3) is 0 Å². The molecule has 10 heteroatoms. The number of Topliss-reactive ketones (excluding diaryl/α,β-unsaturated/α-hetero) is 1. The zero-order valence-electron chi connectivity index (χ0n) is 14.2. The highest BCUT2D eigenvalue weighted by atomic mass is 79.9. The van der Waals surface area contributed by atoms with Crippen LogP contribution in [-0.2, 0) is 9.59 Å². The van der Waals surface area contributed by atoms with E-state index in [0.29, 0.717) is 5.69 Å². The molecular formula is C18H14BrN3O5S. The van der Waals surface area contributed by atoms with Gasteiger partial charge in [-0.3, -0.25) is 19.8 Å². The van der Waals surface area contributed by atoms with E-state index in [1.54, 1.807) is 24.3 Å². The molecule has 0 saturated carbocycles. The second-order valence-corrected chi connectivity index (χ2v) is 7.27. The van der Waals surface area contributed by atoms with E-state index in [-0.39, 0.29) is 22.2 Å². The smallest absolute Gasteiger partial charge is 0.260 e. The number of nitrogens with zero attached hydrogens (tertiary/aromatic N) is 1. The number of hydrogen-bond donors (Lipinski definition) is 4. The third kappa shape index (κ3) is 4.12. The van der Waals surface area contributed by atoms with Gasteiger partial charge in [-0.1, -0.05) is 15.9 Å². The van der Waals surface area contributed by atoms with Crippen molar-refractivity contribution >= 4 is 56.5 Å². The minimum atomic E-state index is -1.29. The molecule has 1 atom stereocenters. The van der Waals surface area contributed by atoms with Crippen LogP contribution < -0.4 is 10.7 Å². The number of amides is 2. The molecule has 4 N–H and O–H groups in total. The monoisotopic (exact) mass is 463 g/mol. The number of aromatic hydroxyl groups is 2. The summed E-state index contributed by atoms with van der Waals surface area (Å²) >= 11 is 8.47. The van der Waals surface area contributed by atoms with Crippen LogP contribution in [0.4, 0.5) is 5.69 Å². The maximum atomic E-state index is 12.6. The predicted molar refractivity (Wildman–Crippen MR) is 108 cm³/mol. The van der Waals surface area contributed by atoms with E-state index in [4.69, 9.17) is 12.2 Å². The molecule has 144 valence electrons. The highest BCUT2D eigenvalue weighted by Gasteiger charge is 2.42. The molecule has 0 aliphatic carbocycles. The molecule has 8 nitrogen and oxygen atoms in total. The third-order valence-electron chi connectivity index (χ3n) is 4.03. The molecule has 0 radical (unpaired) electrons. The zero-order chi connectivity index (χ0) is 20.4. The summed E-state index contributed by atoms with van der Waals surface area (Å²) in [6.07, 6.45) is -0.473. The van der Waals surface area contributed by atoms with Crippen molar-refractivity contribution < 1.29 is 24.6 Å². The average molecular weight is 464 g/mol. The van der Waals surface area contributed by atoms with Gasteiger partial charge in [0.2, 0.25) is 0 Å². The van der Waals surface area contributed by atoms with Gasteiger partial charge in [-0.25, -0.2) is 0 Å². The number of hydrazine groups is 1. The van der Waals surface area contributed by atoms with Gasteiger partial charge in [0.15, 0.2) is 10.9 Å². The third-order valence-corrected chi connectivity index (χ3v) is 4.84. The van der Waals surface area contributed by atoms with Gasteiger partial charge in [0, 0.05) is 16.6 Å². The second kappa shape index (κ2) is 7.95. The van der Waals surface area contributed by atoms with E-state index in [2.05, 4.69) is 26.7 Å². The van der Waals surface area contributed by atoms with Gasteiger partial charge in [0.25, 0.3) is 11.8 Å². The van der Waals surface area contributed by atoms with E-state index >= 15 is 0 Å². The summed E-state index contributed by atoms with van der Waals surface area (Å²) in [5, 5.41) is 22.9. The Morgan fingerprint density at radius 1 is 1.18 bits per heavy atom. The summed E-state index contributed by atoms with van der Waals surface area (Å²) in [6, 6.07) is 10.5. The van der Waals surface area contributed by atoms with Gasteiger partial charge in [0.05, 0.1) is 5.56 Å². The Bertz CT molecular complexity index is 980. The normalized spacial score (nSPS) is 16.0. The molecule has 1 saturated heterocycles. The molecule has 1 aliphatic rings. The van der Waals surface area contributed by atoms with Crippen LogP contribution in [0.1, 0.15) is 16.8 Å². The maximum Gasteiger partial charge on any atom is 0.260 e. The number of thiocarbonyl (C=S) groups is 1. The van der Waals surface area contributed by atoms with Gasteiger partial charge < -0.3 is 15.5 Å². The van der Waals surface area contributed by atoms with E-state index < -0.39 is 29.9 Å². The van der Waals surface area contributed by atoms with Gasteiger partial charge in [-0.05, 0) is 54.7 Å². The number of phenolic OH excluding ortho intramolecular Hbond substituents is 2. The number of hydrogen-bond acceptors (Lipinski definition) is 6. The van der Waals surface area contributed by atoms with Crippen molar-refractivity contribution in [3.05, 3.63) is 52.5 Å². The van der Waals surface area contributed by atoms with Crippen LogP contribution in [-0.4, -0.2) is 37.9 Å². The molecule has 0 aromatic heterocycles. The number of anilines is 1. The fourth-order valence-corrected chi connectivity index (χ4v) is 3.12. The molecule has 28 heavy (non-hydrogen) atoms. The first-order chi connectivity index (χ1) is 13.3. The van der Waals surface area contributed by atoms with E-state index in [1.807, 2.05) is 0 Å². The number of ketones is 1. The largest absolute Gasteiger partial charge is 0.508 e. The van der Waals surface area contributed by atoms with Gasteiger partial charge in [-0.15, -0.1) is 0 Å². The lowest BCUT2D eigenvalue weighted by molar-refractivity contribution is -0.129. The molecule has 1 aliphatic heterocycles. The van der Waals surface area contributed by atoms with Crippen LogP contribution in [0.5, 0.6) is 11.5 Å². The summed E-state index contributed by atoms with van der Waals surface area (Å²) in [5.41, 5.74) is 2.77. The highest BCUT2D eigenvalue weighted by molar-refractivity contribution is 9.10. The number of nitrogens with one attached hydrogen (secondary N) is 2. The van der Waals surface area contributed by atoms with Gasteiger partial charge in [-0.2, -0.15) is 5.01 Å². The minimum absolute atomic E-state index is 0.0455. The fourth-order valence-electron chi connectivity index (χ4n) is 2.60. The van der Waals surface area contributed by atoms with E-state index in [9.17, 15) is 24.6 Å². The molecule has 0 spiro atoms. The Labute approximate surface area is 173 Å². The second-order valence-electron chi connectivity index (χ2n) is 5.97. The first-order valence-corrected chi connectivity index (χ1v) is 9.22. The highest BCUT2D eigenvalue weighted by Crippen LogP contribution is 2.26. The molecule has 2 amide bonds. The first kappa shape index (κ1) is 19.8. The zero-order valence-corrected chi connectivity index (χ0v) is 16.6. The maximum absolute atomic E-state index is 12.6. The summed E-state index contributed by atoms with van der Waals surface area (Å²) in [7, 11) is 0. The number of rotatable bonds is 4. The summed E-state index contributed by atoms with van der Waals surface area (Å²) in [6.45, 7) is 0. The molecule has 2 aromatic rings. The number of benzene rings is 2. The van der Waals surface area contributed by atoms with Crippen LogP contribution in [0.3, 0.4) is 0 Å². The van der Waals surface area contributed by atoms with Crippen molar-refractivity contribution in [3.63, 3.8) is 0 Å². The summed E-state index contributed by atoms with van der Waals surface area (Å²) < 4.78 is 0.864. The van der Waals surface area contributed by atoms with Crippen LogP contribution >= 0.6 is 28.1 Å². The van der Waals surface area contributed by atoms with Crippen molar-refractivity contribution in [2.75, 3.05) is 5.32 Å². The molecular weight excluding hydrogens is 450 g/mol. The Morgan fingerprint density at radius 3 is 2.54 bits per heavy atom. The van der Waals surface area contributed by atoms with Crippen LogP contribution in [0, 0.1) is 5.92 Å². The summed E-state index contributed by atoms with van der Waals surface area (Å²) in [4.78, 5) is 37.1. The number of carbonyl (C=O) groups is 3. The van der Waals surface area contributed by atoms with Crippen molar-refractivity contribution in [2.45, 2.75) is 6.42 Å². The molecule has 3 rings (SSSR count). The predicted octanol–water partition coefficient (Wildman–Crippen LogP) is 2.32. The number of halogens is 1. The molecule has 2 aromatic carbocycles. The van der Waals surface area contributed by atoms with Crippen LogP contribution in [0.15, 0.2) is 46.9 Å². The lowest BCUT2D eigenvalue weighted by Crippen LogP contribution is -2.43. The first-order valence-electron chi connectivity index (χ1n) is 8.02. The Balaban J connectivity index is 1.70. The fraction of sp³-hybridized carbons (Fsp3) is 0.111. The minimum Gasteiger partial charge on any atom is -0.508 e. The number of carbonyl (C=O) groups excluding carboxylic acids is 3. The topological polar surface area (TPSA) is 119 Å². The quantitative estimate of drug-likeness (QED) is 0.237.